The highest BCUT2D eigenvalue weighted by Gasteiger charge is 2.17. The van der Waals surface area contributed by atoms with Gasteiger partial charge in [-0.05, 0) is 24.1 Å². The average Bonchev–Trinajstić information content (AvgIpc) is 2.20. The van der Waals surface area contributed by atoms with Gasteiger partial charge in [0.1, 0.15) is 11.8 Å². The van der Waals surface area contributed by atoms with Crippen LogP contribution >= 0.6 is 12.4 Å². The lowest BCUT2D eigenvalue weighted by Crippen LogP contribution is -2.36. The molecule has 0 aliphatic rings. The Kier molecular flexibility index (Phi) is 6.01. The smallest absolute Gasteiger partial charge is 0.412 e. The number of amides is 1. The average molecular weight is 261 g/mol. The summed E-state index contributed by atoms with van der Waals surface area (Å²) in [5.41, 5.74) is 10.9. The van der Waals surface area contributed by atoms with Gasteiger partial charge < -0.3 is 21.3 Å². The zero-order chi connectivity index (χ0) is 12.1. The molecule has 5 N–H and O–H groups in total. The van der Waals surface area contributed by atoms with Crippen LogP contribution in [0, 0.1) is 0 Å². The summed E-state index contributed by atoms with van der Waals surface area (Å²) in [6, 6.07) is 5.22. The van der Waals surface area contributed by atoms with E-state index < -0.39 is 18.1 Å². The number of hydrogen-bond acceptors (Lipinski definition) is 5. The third-order valence-electron chi connectivity index (χ3n) is 1.90. The standard InChI is InChI=1S/C10H12N2O4.ClH/c11-8(9(14)16-10(12)15)5-6-1-3-7(13)4-2-6;/h1-4,8,13H,5,11H2,(H2,12,15);1H/t8-;/m0./s1. The zero-order valence-electron chi connectivity index (χ0n) is 8.83. The van der Waals surface area contributed by atoms with E-state index in [1.807, 2.05) is 0 Å². The Bertz CT molecular complexity index is 394. The summed E-state index contributed by atoms with van der Waals surface area (Å²) in [5.74, 6) is -0.752. The number of ether oxygens (including phenoxy) is 1. The van der Waals surface area contributed by atoms with E-state index in [0.717, 1.165) is 5.56 Å². The molecule has 1 aromatic rings. The van der Waals surface area contributed by atoms with Crippen molar-refractivity contribution < 1.29 is 19.4 Å². The van der Waals surface area contributed by atoms with E-state index in [0.29, 0.717) is 0 Å². The van der Waals surface area contributed by atoms with Crippen molar-refractivity contribution in [3.8, 4) is 5.75 Å². The van der Waals surface area contributed by atoms with Gasteiger partial charge in [-0.15, -0.1) is 12.4 Å². The molecule has 1 aromatic carbocycles. The maximum absolute atomic E-state index is 11.1. The van der Waals surface area contributed by atoms with Crippen LogP contribution in [0.5, 0.6) is 5.75 Å². The molecule has 6 nitrogen and oxygen atoms in total. The SMILES string of the molecule is Cl.NC(=O)OC(=O)[C@@H](N)Cc1ccc(O)cc1. The molecule has 0 saturated heterocycles. The van der Waals surface area contributed by atoms with Crippen LogP contribution < -0.4 is 11.5 Å². The van der Waals surface area contributed by atoms with Crippen molar-refractivity contribution >= 4 is 24.5 Å². The number of primary amides is 1. The first-order chi connectivity index (χ1) is 7.49. The zero-order valence-corrected chi connectivity index (χ0v) is 9.65. The van der Waals surface area contributed by atoms with Gasteiger partial charge in [0, 0.05) is 0 Å². The molecule has 0 heterocycles. The first kappa shape index (κ1) is 15.2. The van der Waals surface area contributed by atoms with Crippen molar-refractivity contribution in [1.82, 2.24) is 0 Å². The van der Waals surface area contributed by atoms with Crippen LogP contribution in [0.3, 0.4) is 0 Å². The number of rotatable bonds is 3. The summed E-state index contributed by atoms with van der Waals surface area (Å²) < 4.78 is 4.13. The van der Waals surface area contributed by atoms with Crippen LogP contribution in [-0.2, 0) is 16.0 Å². The van der Waals surface area contributed by atoms with E-state index >= 15 is 0 Å². The molecule has 7 heteroatoms. The second-order valence-corrected chi connectivity index (χ2v) is 3.22. The van der Waals surface area contributed by atoms with Gasteiger partial charge in [-0.3, -0.25) is 0 Å². The summed E-state index contributed by atoms with van der Waals surface area (Å²) in [4.78, 5) is 21.4. The van der Waals surface area contributed by atoms with Crippen LogP contribution in [-0.4, -0.2) is 23.2 Å². The number of benzene rings is 1. The van der Waals surface area contributed by atoms with Crippen LogP contribution in [0.1, 0.15) is 5.56 Å². The molecule has 0 aliphatic heterocycles. The molecular formula is C10H13ClN2O4. The Labute approximate surface area is 104 Å². The lowest BCUT2D eigenvalue weighted by Gasteiger charge is -2.09. The molecule has 0 aromatic heterocycles. The minimum absolute atomic E-state index is 0. The van der Waals surface area contributed by atoms with Gasteiger partial charge in [-0.2, -0.15) is 0 Å². The normalized spacial score (nSPS) is 11.1. The number of aromatic hydroxyl groups is 1. The Balaban J connectivity index is 0.00000256. The van der Waals surface area contributed by atoms with Crippen LogP contribution in [0.2, 0.25) is 0 Å². The van der Waals surface area contributed by atoms with Crippen molar-refractivity contribution in [3.63, 3.8) is 0 Å². The van der Waals surface area contributed by atoms with Crippen molar-refractivity contribution in [2.75, 3.05) is 0 Å². The number of hydrogen-bond donors (Lipinski definition) is 3. The minimum Gasteiger partial charge on any atom is -0.508 e. The maximum atomic E-state index is 11.1. The van der Waals surface area contributed by atoms with Crippen LogP contribution in [0.4, 0.5) is 4.79 Å². The summed E-state index contributed by atoms with van der Waals surface area (Å²) in [7, 11) is 0. The fraction of sp³-hybridized carbons (Fsp3) is 0.200. The van der Waals surface area contributed by atoms with Gasteiger partial charge in [-0.25, -0.2) is 9.59 Å². The molecule has 0 bridgehead atoms. The molecule has 1 amide bonds. The molecule has 0 fully saturated rings. The van der Waals surface area contributed by atoms with E-state index in [1.54, 1.807) is 12.1 Å². The number of phenolic OH excluding ortho intramolecular Hbond substituents is 1. The maximum Gasteiger partial charge on any atom is 0.412 e. The fourth-order valence-corrected chi connectivity index (χ4v) is 1.14. The van der Waals surface area contributed by atoms with Crippen LogP contribution in [0.15, 0.2) is 24.3 Å². The van der Waals surface area contributed by atoms with E-state index in [2.05, 4.69) is 10.5 Å². The highest BCUT2D eigenvalue weighted by atomic mass is 35.5. The molecule has 94 valence electrons. The predicted molar refractivity (Wildman–Crippen MR) is 62.7 cm³/mol. The highest BCUT2D eigenvalue weighted by molar-refractivity contribution is 5.87. The van der Waals surface area contributed by atoms with E-state index in [-0.39, 0.29) is 24.6 Å². The second-order valence-electron chi connectivity index (χ2n) is 3.22. The topological polar surface area (TPSA) is 116 Å². The number of phenols is 1. The summed E-state index contributed by atoms with van der Waals surface area (Å²) in [5, 5.41) is 9.03. The van der Waals surface area contributed by atoms with Gasteiger partial charge in [-0.1, -0.05) is 12.1 Å². The Hall–Kier alpha value is -1.79. The molecule has 0 aliphatic carbocycles. The number of nitrogens with two attached hydrogens (primary N) is 2. The molecule has 17 heavy (non-hydrogen) atoms. The first-order valence-electron chi connectivity index (χ1n) is 4.53. The molecule has 0 radical (unpaired) electrons. The molecule has 0 spiro atoms. The molecule has 0 unspecified atom stereocenters. The monoisotopic (exact) mass is 260 g/mol. The van der Waals surface area contributed by atoms with Gasteiger partial charge in [0.2, 0.25) is 0 Å². The summed E-state index contributed by atoms with van der Waals surface area (Å²) in [6.07, 6.45) is -0.974. The Morgan fingerprint density at radius 3 is 2.29 bits per heavy atom. The number of halogens is 1. The van der Waals surface area contributed by atoms with Gasteiger partial charge in [0.05, 0.1) is 0 Å². The van der Waals surface area contributed by atoms with E-state index in [4.69, 9.17) is 10.8 Å². The number of esters is 1. The van der Waals surface area contributed by atoms with Crippen LogP contribution in [0.25, 0.3) is 0 Å². The first-order valence-corrected chi connectivity index (χ1v) is 4.53. The lowest BCUT2D eigenvalue weighted by molar-refractivity contribution is -0.138. The Morgan fingerprint density at radius 2 is 1.82 bits per heavy atom. The highest BCUT2D eigenvalue weighted by Crippen LogP contribution is 2.11. The number of carbonyl (C=O) groups is 2. The Morgan fingerprint density at radius 1 is 1.29 bits per heavy atom. The summed E-state index contributed by atoms with van der Waals surface area (Å²) >= 11 is 0. The molecular weight excluding hydrogens is 248 g/mol. The van der Waals surface area contributed by atoms with Gasteiger partial charge in [0.15, 0.2) is 0 Å². The van der Waals surface area contributed by atoms with Gasteiger partial charge >= 0.3 is 12.1 Å². The molecule has 1 atom stereocenters. The number of carbonyl (C=O) groups excluding carboxylic acids is 2. The van der Waals surface area contributed by atoms with Gasteiger partial charge in [0.25, 0.3) is 0 Å². The molecule has 0 saturated carbocycles. The van der Waals surface area contributed by atoms with Crippen molar-refractivity contribution in [3.05, 3.63) is 29.8 Å². The van der Waals surface area contributed by atoms with E-state index in [1.165, 1.54) is 12.1 Å². The fourth-order valence-electron chi connectivity index (χ4n) is 1.14. The second kappa shape index (κ2) is 6.72. The van der Waals surface area contributed by atoms with Crippen molar-refractivity contribution in [2.45, 2.75) is 12.5 Å². The lowest BCUT2D eigenvalue weighted by atomic mass is 10.1. The largest absolute Gasteiger partial charge is 0.508 e. The molecule has 1 rings (SSSR count). The third kappa shape index (κ3) is 5.19. The van der Waals surface area contributed by atoms with Crippen molar-refractivity contribution in [1.29, 1.82) is 0 Å². The quantitative estimate of drug-likeness (QED) is 0.534. The van der Waals surface area contributed by atoms with E-state index in [9.17, 15) is 9.59 Å². The predicted octanol–water partition coefficient (Wildman–Crippen LogP) is 0.306. The van der Waals surface area contributed by atoms with Crippen molar-refractivity contribution in [2.24, 2.45) is 11.5 Å². The minimum atomic E-state index is -1.17. The third-order valence-corrected chi connectivity index (χ3v) is 1.90. The summed E-state index contributed by atoms with van der Waals surface area (Å²) in [6.45, 7) is 0.